The van der Waals surface area contributed by atoms with Crippen molar-refractivity contribution in [1.82, 2.24) is 0 Å². The number of hydrogen-bond acceptors (Lipinski definition) is 0. The summed E-state index contributed by atoms with van der Waals surface area (Å²) in [6, 6.07) is 16.3. The van der Waals surface area contributed by atoms with E-state index in [9.17, 15) is 0 Å². The van der Waals surface area contributed by atoms with Gasteiger partial charge in [-0.3, -0.25) is 0 Å². The van der Waals surface area contributed by atoms with E-state index in [0.29, 0.717) is 5.92 Å². The molecule has 3 heteroatoms. The summed E-state index contributed by atoms with van der Waals surface area (Å²) in [6.45, 7) is 15.9. The molecule has 0 saturated carbocycles. The number of aryl methyl sites for hydroxylation is 2. The Hall–Kier alpha value is -0.487. The Morgan fingerprint density at radius 2 is 1.48 bits per heavy atom. The Bertz CT molecular complexity index is 894. The molecule has 0 nitrogen and oxygen atoms in total. The zero-order valence-corrected chi connectivity index (χ0v) is 21.3. The van der Waals surface area contributed by atoms with Crippen LogP contribution in [0.5, 0.6) is 0 Å². The van der Waals surface area contributed by atoms with Crippen molar-refractivity contribution in [3.05, 3.63) is 64.7 Å². The van der Waals surface area contributed by atoms with Gasteiger partial charge in [-0.05, 0) is 30.7 Å². The molecule has 0 atom stereocenters. The molecule has 0 aliphatic heterocycles. The third-order valence-electron chi connectivity index (χ3n) is 4.90. The second-order valence-electron chi connectivity index (χ2n) is 8.63. The zero-order chi connectivity index (χ0) is 20.4. The van der Waals surface area contributed by atoms with Crippen molar-refractivity contribution in [2.24, 2.45) is 0 Å². The van der Waals surface area contributed by atoms with Crippen molar-refractivity contribution in [3.8, 4) is 11.1 Å². The van der Waals surface area contributed by atoms with Gasteiger partial charge >= 0.3 is 37.9 Å². The number of hydrogen-bond donors (Lipinski definition) is 0. The fourth-order valence-electron chi connectivity index (χ4n) is 3.69. The number of rotatable bonds is 2. The van der Waals surface area contributed by atoms with Crippen LogP contribution in [0.1, 0.15) is 62.8 Å². The normalized spacial score (nSPS) is 11.5. The van der Waals surface area contributed by atoms with E-state index in [0.717, 1.165) is 0 Å². The first-order chi connectivity index (χ1) is 12.6. The second-order valence-corrected chi connectivity index (χ2v) is 12.4. The monoisotopic (exact) mass is 477 g/mol. The quantitative estimate of drug-likeness (QED) is 0.323. The summed E-state index contributed by atoms with van der Waals surface area (Å²) >= 11 is -0.826. The summed E-state index contributed by atoms with van der Waals surface area (Å²) < 4.78 is 0. The number of fused-ring (bicyclic) bond motifs is 1. The van der Waals surface area contributed by atoms with Gasteiger partial charge in [0.1, 0.15) is 0 Å². The molecule has 0 spiro atoms. The molecule has 0 aliphatic carbocycles. The Labute approximate surface area is 183 Å². The van der Waals surface area contributed by atoms with Crippen molar-refractivity contribution in [1.29, 1.82) is 0 Å². The summed E-state index contributed by atoms with van der Waals surface area (Å²) in [4.78, 5) is 0. The van der Waals surface area contributed by atoms with Crippen LogP contribution in [0.15, 0.2) is 42.5 Å². The molecule has 0 saturated heterocycles. The van der Waals surface area contributed by atoms with Crippen LogP contribution in [0.25, 0.3) is 21.9 Å². The molecule has 0 aromatic heterocycles. The predicted molar refractivity (Wildman–Crippen MR) is 119 cm³/mol. The summed E-state index contributed by atoms with van der Waals surface area (Å²) in [5.41, 5.74) is 8.41. The van der Waals surface area contributed by atoms with Crippen molar-refractivity contribution in [3.63, 3.8) is 0 Å². The average Bonchev–Trinajstić information content (AvgIpc) is 2.97. The van der Waals surface area contributed by atoms with E-state index < -0.39 is 20.8 Å². The van der Waals surface area contributed by atoms with Crippen molar-refractivity contribution in [2.45, 2.75) is 59.8 Å². The van der Waals surface area contributed by atoms with E-state index in [1.54, 1.807) is 0 Å². The molecular formula is C24H29Cl2Zr-. The van der Waals surface area contributed by atoms with Gasteiger partial charge in [0.2, 0.25) is 0 Å². The molecule has 0 N–H and O–H groups in total. The van der Waals surface area contributed by atoms with Crippen LogP contribution in [0.2, 0.25) is 0 Å². The molecule has 144 valence electrons. The molecule has 0 amide bonds. The van der Waals surface area contributed by atoms with Gasteiger partial charge in [-0.2, -0.15) is 6.07 Å². The molecule has 27 heavy (non-hydrogen) atoms. The van der Waals surface area contributed by atoms with E-state index in [1.165, 1.54) is 44.2 Å². The fraction of sp³-hybridized carbons (Fsp3) is 0.375. The Kier molecular flexibility index (Phi) is 7.89. The molecule has 0 unspecified atom stereocenters. The van der Waals surface area contributed by atoms with Crippen molar-refractivity contribution in [2.75, 3.05) is 0 Å². The van der Waals surface area contributed by atoms with Crippen LogP contribution in [-0.4, -0.2) is 0 Å². The minimum atomic E-state index is -0.826. The van der Waals surface area contributed by atoms with Crippen LogP contribution < -0.4 is 0 Å². The van der Waals surface area contributed by atoms with E-state index in [-0.39, 0.29) is 5.41 Å². The standard InChI is InChI=1S/C24H29.2ClH.Zr/c1-15(2)19-13-18-8-9-22(24(5,6)7)23(21(18)14-19)20-11-16(3)10-17(4)12-20;;;/h8-15H,1-7H3;2*1H;/q-1;;;+2/p-2. The van der Waals surface area contributed by atoms with Gasteiger partial charge in [-0.25, -0.2) is 0 Å². The Morgan fingerprint density at radius 1 is 0.926 bits per heavy atom. The maximum atomic E-state index is 4.93. The topological polar surface area (TPSA) is 0 Å². The van der Waals surface area contributed by atoms with Crippen LogP contribution in [0.3, 0.4) is 0 Å². The van der Waals surface area contributed by atoms with Gasteiger partial charge in [0, 0.05) is 0 Å². The summed E-state index contributed by atoms with van der Waals surface area (Å²) in [5.74, 6) is 0.558. The SMILES string of the molecule is Cc1cc(C)cc(-c2c(C(C)(C)C)ccc3[cH-]c(C(C)C)cc23)c1.[Cl][Zr][Cl]. The summed E-state index contributed by atoms with van der Waals surface area (Å²) in [6.07, 6.45) is 0. The molecule has 0 fully saturated rings. The Balaban J connectivity index is 0.000000817. The number of benzene rings is 2. The van der Waals surface area contributed by atoms with Crippen molar-refractivity contribution >= 4 is 27.8 Å². The molecule has 0 bridgehead atoms. The molecule has 3 rings (SSSR count). The Morgan fingerprint density at radius 3 is 1.96 bits per heavy atom. The van der Waals surface area contributed by atoms with Gasteiger partial charge in [0.05, 0.1) is 0 Å². The van der Waals surface area contributed by atoms with Gasteiger partial charge in [-0.15, -0.1) is 34.5 Å². The predicted octanol–water partition coefficient (Wildman–Crippen LogP) is 8.64. The van der Waals surface area contributed by atoms with Crippen LogP contribution >= 0.6 is 17.0 Å². The van der Waals surface area contributed by atoms with E-state index >= 15 is 0 Å². The first kappa shape index (κ1) is 22.8. The van der Waals surface area contributed by atoms with Crippen LogP contribution in [-0.2, 0) is 26.3 Å². The molecule has 0 radical (unpaired) electrons. The fourth-order valence-corrected chi connectivity index (χ4v) is 3.69. The molecule has 3 aromatic carbocycles. The third kappa shape index (κ3) is 5.53. The van der Waals surface area contributed by atoms with Gasteiger partial charge in [0.15, 0.2) is 0 Å². The molecule has 0 heterocycles. The zero-order valence-electron chi connectivity index (χ0n) is 17.4. The second kappa shape index (κ2) is 9.34. The third-order valence-corrected chi connectivity index (χ3v) is 4.90. The first-order valence-electron chi connectivity index (χ1n) is 9.37. The van der Waals surface area contributed by atoms with Gasteiger partial charge < -0.3 is 0 Å². The van der Waals surface area contributed by atoms with Gasteiger partial charge in [0.25, 0.3) is 0 Å². The summed E-state index contributed by atoms with van der Waals surface area (Å²) in [7, 11) is 9.87. The minimum absolute atomic E-state index is 0.121. The first-order valence-corrected chi connectivity index (χ1v) is 15.7. The van der Waals surface area contributed by atoms with Crippen molar-refractivity contribution < 1.29 is 20.8 Å². The average molecular weight is 480 g/mol. The molecular weight excluding hydrogens is 450 g/mol. The maximum absolute atomic E-state index is 4.93. The number of halogens is 2. The van der Waals surface area contributed by atoms with Gasteiger partial charge in [-0.1, -0.05) is 75.1 Å². The van der Waals surface area contributed by atoms with Crippen LogP contribution in [0, 0.1) is 13.8 Å². The summed E-state index contributed by atoms with van der Waals surface area (Å²) in [5, 5.41) is 2.76. The van der Waals surface area contributed by atoms with Crippen LogP contribution in [0.4, 0.5) is 0 Å². The van der Waals surface area contributed by atoms with E-state index in [1.807, 2.05) is 0 Å². The molecule has 3 aromatic rings. The molecule has 0 aliphatic rings. The van der Waals surface area contributed by atoms with E-state index in [2.05, 4.69) is 90.9 Å². The van der Waals surface area contributed by atoms with E-state index in [4.69, 9.17) is 17.0 Å².